The molecule has 0 heterocycles. The zero-order chi connectivity index (χ0) is 10.5. The van der Waals surface area contributed by atoms with Gasteiger partial charge >= 0.3 is 0 Å². The highest BCUT2D eigenvalue weighted by molar-refractivity contribution is 5.85. The largest absolute Gasteiger partial charge is 0.457 e. The molecule has 0 aliphatic rings. The standard InChI is InChI=1S/C13H13NO.ClH/c14-10-11-5-4-8-13(9-11)15-12-6-2-1-3-7-12;/h1-9H,10,14H2;1H. The van der Waals surface area contributed by atoms with Crippen molar-refractivity contribution in [2.24, 2.45) is 5.73 Å². The third kappa shape index (κ3) is 3.26. The molecule has 2 N–H and O–H groups in total. The van der Waals surface area contributed by atoms with Gasteiger partial charge in [0.15, 0.2) is 0 Å². The number of benzene rings is 2. The number of rotatable bonds is 3. The van der Waals surface area contributed by atoms with E-state index in [1.165, 1.54) is 0 Å². The summed E-state index contributed by atoms with van der Waals surface area (Å²) in [6.07, 6.45) is 0. The Bertz CT molecular complexity index is 431. The molecule has 0 fully saturated rings. The molecular formula is C13H14ClNO. The van der Waals surface area contributed by atoms with E-state index in [4.69, 9.17) is 10.5 Å². The molecule has 2 rings (SSSR count). The van der Waals surface area contributed by atoms with Gasteiger partial charge < -0.3 is 10.5 Å². The molecule has 2 aromatic rings. The Morgan fingerprint density at radius 2 is 1.56 bits per heavy atom. The smallest absolute Gasteiger partial charge is 0.127 e. The van der Waals surface area contributed by atoms with Gasteiger partial charge in [0.1, 0.15) is 11.5 Å². The van der Waals surface area contributed by atoms with Crippen molar-refractivity contribution in [1.82, 2.24) is 0 Å². The number of hydrogen-bond acceptors (Lipinski definition) is 2. The van der Waals surface area contributed by atoms with Crippen LogP contribution in [0.4, 0.5) is 0 Å². The van der Waals surface area contributed by atoms with Crippen LogP contribution in [0.25, 0.3) is 0 Å². The first kappa shape index (κ1) is 12.6. The van der Waals surface area contributed by atoms with Gasteiger partial charge in [0.25, 0.3) is 0 Å². The Hall–Kier alpha value is -1.51. The summed E-state index contributed by atoms with van der Waals surface area (Å²) in [5, 5.41) is 0. The first-order chi connectivity index (χ1) is 7.38. The average Bonchev–Trinajstić information content (AvgIpc) is 2.31. The highest BCUT2D eigenvalue weighted by atomic mass is 35.5. The molecule has 2 aromatic carbocycles. The molecule has 0 aromatic heterocycles. The SMILES string of the molecule is Cl.NCc1cccc(Oc2ccccc2)c1. The second-order valence-electron chi connectivity index (χ2n) is 3.27. The van der Waals surface area contributed by atoms with Crippen LogP contribution in [0.3, 0.4) is 0 Å². The summed E-state index contributed by atoms with van der Waals surface area (Å²) in [6, 6.07) is 17.5. The molecule has 0 spiro atoms. The van der Waals surface area contributed by atoms with E-state index in [1.807, 2.05) is 54.6 Å². The second-order valence-corrected chi connectivity index (χ2v) is 3.27. The first-order valence-corrected chi connectivity index (χ1v) is 4.90. The van der Waals surface area contributed by atoms with Crippen LogP contribution in [0.2, 0.25) is 0 Å². The Kier molecular flexibility index (Phi) is 4.83. The van der Waals surface area contributed by atoms with Gasteiger partial charge in [-0.05, 0) is 29.8 Å². The number of para-hydroxylation sites is 1. The molecule has 0 radical (unpaired) electrons. The van der Waals surface area contributed by atoms with Crippen molar-refractivity contribution in [3.05, 3.63) is 60.2 Å². The predicted molar refractivity (Wildman–Crippen MR) is 68.1 cm³/mol. The fraction of sp³-hybridized carbons (Fsp3) is 0.0769. The third-order valence-electron chi connectivity index (χ3n) is 2.11. The topological polar surface area (TPSA) is 35.2 Å². The number of nitrogens with two attached hydrogens (primary N) is 1. The second kappa shape index (κ2) is 6.16. The quantitative estimate of drug-likeness (QED) is 0.886. The maximum Gasteiger partial charge on any atom is 0.127 e. The summed E-state index contributed by atoms with van der Waals surface area (Å²) in [5.41, 5.74) is 6.63. The van der Waals surface area contributed by atoms with Crippen LogP contribution in [0.15, 0.2) is 54.6 Å². The van der Waals surface area contributed by atoms with Gasteiger partial charge in [-0.15, -0.1) is 12.4 Å². The predicted octanol–water partition coefficient (Wildman–Crippen LogP) is 3.36. The monoisotopic (exact) mass is 235 g/mol. The molecular weight excluding hydrogens is 222 g/mol. The highest BCUT2D eigenvalue weighted by Gasteiger charge is 1.96. The molecule has 0 saturated heterocycles. The van der Waals surface area contributed by atoms with E-state index in [9.17, 15) is 0 Å². The molecule has 16 heavy (non-hydrogen) atoms. The first-order valence-electron chi connectivity index (χ1n) is 4.90. The van der Waals surface area contributed by atoms with Gasteiger partial charge in [-0.2, -0.15) is 0 Å². The summed E-state index contributed by atoms with van der Waals surface area (Å²) < 4.78 is 5.67. The van der Waals surface area contributed by atoms with Crippen molar-refractivity contribution < 1.29 is 4.74 Å². The lowest BCUT2D eigenvalue weighted by Gasteiger charge is -2.06. The normalized spacial score (nSPS) is 9.31. The Morgan fingerprint density at radius 1 is 0.875 bits per heavy atom. The molecule has 0 bridgehead atoms. The molecule has 0 unspecified atom stereocenters. The van der Waals surface area contributed by atoms with Crippen molar-refractivity contribution >= 4 is 12.4 Å². The van der Waals surface area contributed by atoms with Gasteiger partial charge in [0, 0.05) is 6.54 Å². The van der Waals surface area contributed by atoms with Gasteiger partial charge in [0.2, 0.25) is 0 Å². The van der Waals surface area contributed by atoms with E-state index < -0.39 is 0 Å². The molecule has 0 aliphatic carbocycles. The molecule has 0 saturated carbocycles. The van der Waals surface area contributed by atoms with Gasteiger partial charge in [0.05, 0.1) is 0 Å². The number of hydrogen-bond donors (Lipinski definition) is 1. The fourth-order valence-corrected chi connectivity index (χ4v) is 1.36. The van der Waals surface area contributed by atoms with E-state index in [1.54, 1.807) is 0 Å². The van der Waals surface area contributed by atoms with E-state index in [-0.39, 0.29) is 12.4 Å². The van der Waals surface area contributed by atoms with Crippen molar-refractivity contribution in [3.63, 3.8) is 0 Å². The maximum absolute atomic E-state index is 5.67. The minimum Gasteiger partial charge on any atom is -0.457 e. The Morgan fingerprint density at radius 3 is 2.25 bits per heavy atom. The molecule has 0 atom stereocenters. The van der Waals surface area contributed by atoms with Crippen LogP contribution < -0.4 is 10.5 Å². The lowest BCUT2D eigenvalue weighted by atomic mass is 10.2. The van der Waals surface area contributed by atoms with E-state index in [2.05, 4.69) is 0 Å². The summed E-state index contributed by atoms with van der Waals surface area (Å²) >= 11 is 0. The van der Waals surface area contributed by atoms with Crippen LogP contribution in [-0.2, 0) is 6.54 Å². The molecule has 0 amide bonds. The molecule has 84 valence electrons. The number of ether oxygens (including phenoxy) is 1. The summed E-state index contributed by atoms with van der Waals surface area (Å²) in [5.74, 6) is 1.66. The Labute approximate surface area is 101 Å². The summed E-state index contributed by atoms with van der Waals surface area (Å²) in [4.78, 5) is 0. The van der Waals surface area contributed by atoms with E-state index in [0.717, 1.165) is 17.1 Å². The third-order valence-corrected chi connectivity index (χ3v) is 2.11. The maximum atomic E-state index is 5.67. The van der Waals surface area contributed by atoms with Crippen LogP contribution in [0, 0.1) is 0 Å². The Balaban J connectivity index is 0.00000128. The summed E-state index contributed by atoms with van der Waals surface area (Å²) in [6.45, 7) is 0.534. The van der Waals surface area contributed by atoms with E-state index >= 15 is 0 Å². The van der Waals surface area contributed by atoms with Gasteiger partial charge in [-0.1, -0.05) is 30.3 Å². The fourth-order valence-electron chi connectivity index (χ4n) is 1.36. The van der Waals surface area contributed by atoms with Crippen LogP contribution in [-0.4, -0.2) is 0 Å². The average molecular weight is 236 g/mol. The van der Waals surface area contributed by atoms with Crippen LogP contribution >= 0.6 is 12.4 Å². The molecule has 0 aliphatic heterocycles. The lowest BCUT2D eigenvalue weighted by Crippen LogP contribution is -1.95. The number of halogens is 1. The van der Waals surface area contributed by atoms with Crippen molar-refractivity contribution in [3.8, 4) is 11.5 Å². The van der Waals surface area contributed by atoms with Gasteiger partial charge in [-0.3, -0.25) is 0 Å². The highest BCUT2D eigenvalue weighted by Crippen LogP contribution is 2.21. The minimum atomic E-state index is 0. The van der Waals surface area contributed by atoms with Crippen molar-refractivity contribution in [2.75, 3.05) is 0 Å². The minimum absolute atomic E-state index is 0. The van der Waals surface area contributed by atoms with Gasteiger partial charge in [-0.25, -0.2) is 0 Å². The van der Waals surface area contributed by atoms with Crippen molar-refractivity contribution in [1.29, 1.82) is 0 Å². The molecule has 2 nitrogen and oxygen atoms in total. The van der Waals surface area contributed by atoms with Crippen LogP contribution in [0.1, 0.15) is 5.56 Å². The molecule has 3 heteroatoms. The lowest BCUT2D eigenvalue weighted by molar-refractivity contribution is 0.482. The zero-order valence-corrected chi connectivity index (χ0v) is 9.61. The zero-order valence-electron chi connectivity index (χ0n) is 8.80. The summed E-state index contributed by atoms with van der Waals surface area (Å²) in [7, 11) is 0. The van der Waals surface area contributed by atoms with E-state index in [0.29, 0.717) is 6.54 Å². The van der Waals surface area contributed by atoms with Crippen molar-refractivity contribution in [2.45, 2.75) is 6.54 Å². The van der Waals surface area contributed by atoms with Crippen LogP contribution in [0.5, 0.6) is 11.5 Å².